The summed E-state index contributed by atoms with van der Waals surface area (Å²) in [6.07, 6.45) is 0. The molecule has 0 aliphatic carbocycles. The molecular weight excluding hydrogens is 325 g/mol. The number of benzene rings is 1. The van der Waals surface area contributed by atoms with E-state index in [0.717, 1.165) is 4.31 Å². The molecule has 1 saturated heterocycles. The molecule has 0 bridgehead atoms. The molecule has 1 aromatic carbocycles. The lowest BCUT2D eigenvalue weighted by atomic mass is 10.2. The van der Waals surface area contributed by atoms with Gasteiger partial charge in [-0.3, -0.25) is 4.79 Å². The molecule has 0 saturated carbocycles. The minimum absolute atomic E-state index is 0.0619. The minimum atomic E-state index is -3.97. The maximum Gasteiger partial charge on any atom is 0.246 e. The van der Waals surface area contributed by atoms with Gasteiger partial charge in [0.05, 0.1) is 10.0 Å². The predicted octanol–water partition coefficient (Wildman–Crippen LogP) is 1.08. The lowest BCUT2D eigenvalue weighted by molar-refractivity contribution is -0.126. The largest absolute Gasteiger partial charge is 0.399 e. The van der Waals surface area contributed by atoms with Gasteiger partial charge in [0.15, 0.2) is 0 Å². The maximum atomic E-state index is 12.6. The van der Waals surface area contributed by atoms with E-state index >= 15 is 0 Å². The average molecular weight is 338 g/mol. The number of anilines is 1. The Hall–Kier alpha value is -1.02. The van der Waals surface area contributed by atoms with E-state index in [-0.39, 0.29) is 39.6 Å². The van der Waals surface area contributed by atoms with Crippen LogP contribution in [-0.4, -0.2) is 37.8 Å². The van der Waals surface area contributed by atoms with E-state index in [0.29, 0.717) is 0 Å². The van der Waals surface area contributed by atoms with Crippen LogP contribution in [0.5, 0.6) is 0 Å². The Bertz CT molecular complexity index is 640. The second kappa shape index (κ2) is 5.40. The van der Waals surface area contributed by atoms with Gasteiger partial charge in [-0.2, -0.15) is 4.31 Å². The monoisotopic (exact) mass is 337 g/mol. The number of nitrogens with zero attached hydrogens (tertiary/aromatic N) is 1. The third-order valence-corrected chi connectivity index (χ3v) is 5.92. The first-order valence-corrected chi connectivity index (χ1v) is 7.99. The van der Waals surface area contributed by atoms with Crippen LogP contribution in [0.4, 0.5) is 5.69 Å². The van der Waals surface area contributed by atoms with Crippen LogP contribution in [0.3, 0.4) is 0 Å². The molecule has 0 aromatic heterocycles. The highest BCUT2D eigenvalue weighted by atomic mass is 35.5. The Labute approximate surface area is 126 Å². The molecule has 1 aliphatic rings. The Morgan fingerprint density at radius 2 is 1.90 bits per heavy atom. The highest BCUT2D eigenvalue weighted by Gasteiger charge is 2.37. The van der Waals surface area contributed by atoms with E-state index in [4.69, 9.17) is 28.9 Å². The number of amides is 1. The quantitative estimate of drug-likeness (QED) is 0.790. The summed E-state index contributed by atoms with van der Waals surface area (Å²) in [6.45, 7) is 1.91. The molecule has 1 fully saturated rings. The van der Waals surface area contributed by atoms with Crippen molar-refractivity contribution >= 4 is 44.8 Å². The minimum Gasteiger partial charge on any atom is -0.399 e. The fraction of sp³-hybridized carbons (Fsp3) is 0.364. The third-order valence-electron chi connectivity index (χ3n) is 3.03. The third kappa shape index (κ3) is 2.58. The van der Waals surface area contributed by atoms with Gasteiger partial charge >= 0.3 is 0 Å². The maximum absolute atomic E-state index is 12.6. The van der Waals surface area contributed by atoms with Gasteiger partial charge in [-0.25, -0.2) is 8.42 Å². The molecule has 1 unspecified atom stereocenters. The van der Waals surface area contributed by atoms with Crippen molar-refractivity contribution < 1.29 is 13.2 Å². The summed E-state index contributed by atoms with van der Waals surface area (Å²) < 4.78 is 26.3. The first-order chi connectivity index (χ1) is 9.25. The molecule has 0 radical (unpaired) electrons. The van der Waals surface area contributed by atoms with Crippen molar-refractivity contribution in [3.63, 3.8) is 0 Å². The van der Waals surface area contributed by atoms with Crippen molar-refractivity contribution in [2.24, 2.45) is 0 Å². The van der Waals surface area contributed by atoms with Crippen LogP contribution < -0.4 is 11.1 Å². The van der Waals surface area contributed by atoms with Gasteiger partial charge in [-0.1, -0.05) is 23.2 Å². The Balaban J connectivity index is 2.53. The average Bonchev–Trinajstić information content (AvgIpc) is 2.30. The molecule has 1 aliphatic heterocycles. The molecule has 3 N–H and O–H groups in total. The molecule has 20 heavy (non-hydrogen) atoms. The van der Waals surface area contributed by atoms with Gasteiger partial charge < -0.3 is 11.1 Å². The zero-order valence-corrected chi connectivity index (χ0v) is 12.9. The predicted molar refractivity (Wildman–Crippen MR) is 77.2 cm³/mol. The van der Waals surface area contributed by atoms with Gasteiger partial charge in [0.1, 0.15) is 10.9 Å². The summed E-state index contributed by atoms with van der Waals surface area (Å²) in [5.41, 5.74) is 5.83. The number of rotatable bonds is 2. The number of sulfonamides is 1. The number of carbonyl (C=O) groups excluding carboxylic acids is 1. The van der Waals surface area contributed by atoms with E-state index in [2.05, 4.69) is 5.32 Å². The van der Waals surface area contributed by atoms with Crippen molar-refractivity contribution in [2.75, 3.05) is 18.8 Å². The Morgan fingerprint density at radius 1 is 1.35 bits per heavy atom. The number of piperazine rings is 1. The summed E-state index contributed by atoms with van der Waals surface area (Å²) in [5.74, 6) is -0.359. The smallest absolute Gasteiger partial charge is 0.246 e. The van der Waals surface area contributed by atoms with Crippen molar-refractivity contribution in [3.8, 4) is 0 Å². The number of hydrogen-bond acceptors (Lipinski definition) is 4. The number of nitrogens with two attached hydrogens (primary N) is 1. The van der Waals surface area contributed by atoms with Crippen molar-refractivity contribution in [1.82, 2.24) is 9.62 Å². The molecule has 2 rings (SSSR count). The number of carbonyl (C=O) groups is 1. The molecule has 0 spiro atoms. The molecule has 6 nitrogen and oxygen atoms in total. The van der Waals surface area contributed by atoms with Crippen LogP contribution in [0.1, 0.15) is 6.92 Å². The standard InChI is InChI=1S/C11H13Cl2N3O3S/c1-6-11(17)15-2-3-16(6)20(18,19)10-8(12)4-7(14)5-9(10)13/h4-6H,2-3,14H2,1H3,(H,15,17). The first-order valence-electron chi connectivity index (χ1n) is 5.79. The summed E-state index contributed by atoms with van der Waals surface area (Å²) in [7, 11) is -3.97. The van der Waals surface area contributed by atoms with E-state index < -0.39 is 16.1 Å². The fourth-order valence-electron chi connectivity index (χ4n) is 2.03. The van der Waals surface area contributed by atoms with Gasteiger partial charge in [0.2, 0.25) is 15.9 Å². The zero-order chi connectivity index (χ0) is 15.1. The van der Waals surface area contributed by atoms with E-state index in [1.165, 1.54) is 19.1 Å². The molecular formula is C11H13Cl2N3O3S. The number of halogens is 2. The lowest BCUT2D eigenvalue weighted by Gasteiger charge is -2.32. The number of nitrogens with one attached hydrogen (secondary N) is 1. The molecule has 1 aromatic rings. The normalized spacial score (nSPS) is 20.8. The molecule has 1 atom stereocenters. The molecule has 1 heterocycles. The van der Waals surface area contributed by atoms with E-state index in [1.807, 2.05) is 0 Å². The van der Waals surface area contributed by atoms with Gasteiger partial charge in [-0.05, 0) is 19.1 Å². The van der Waals surface area contributed by atoms with Crippen molar-refractivity contribution in [1.29, 1.82) is 0 Å². The molecule has 110 valence electrons. The van der Waals surface area contributed by atoms with E-state index in [1.54, 1.807) is 0 Å². The highest BCUT2D eigenvalue weighted by molar-refractivity contribution is 7.89. The van der Waals surface area contributed by atoms with Crippen LogP contribution in [0, 0.1) is 0 Å². The first kappa shape index (κ1) is 15.4. The summed E-state index contributed by atoms with van der Waals surface area (Å²) >= 11 is 11.9. The summed E-state index contributed by atoms with van der Waals surface area (Å²) in [6, 6.07) is 1.81. The second-order valence-electron chi connectivity index (χ2n) is 4.40. The second-order valence-corrected chi connectivity index (χ2v) is 7.04. The highest BCUT2D eigenvalue weighted by Crippen LogP contribution is 2.34. The summed E-state index contributed by atoms with van der Waals surface area (Å²) in [5, 5.41) is 2.47. The lowest BCUT2D eigenvalue weighted by Crippen LogP contribution is -2.55. The Morgan fingerprint density at radius 3 is 2.45 bits per heavy atom. The Kier molecular flexibility index (Phi) is 4.15. The SMILES string of the molecule is CC1C(=O)NCCN1S(=O)(=O)c1c(Cl)cc(N)cc1Cl. The van der Waals surface area contributed by atoms with Gasteiger partial charge in [0.25, 0.3) is 0 Å². The topological polar surface area (TPSA) is 92.5 Å². The van der Waals surface area contributed by atoms with Gasteiger partial charge in [-0.15, -0.1) is 0 Å². The number of hydrogen-bond donors (Lipinski definition) is 2. The van der Waals surface area contributed by atoms with Crippen LogP contribution in [0.25, 0.3) is 0 Å². The zero-order valence-electron chi connectivity index (χ0n) is 10.6. The number of nitrogen functional groups attached to an aromatic ring is 1. The van der Waals surface area contributed by atoms with Crippen molar-refractivity contribution in [3.05, 3.63) is 22.2 Å². The van der Waals surface area contributed by atoms with Crippen LogP contribution in [0.15, 0.2) is 17.0 Å². The van der Waals surface area contributed by atoms with Crippen LogP contribution >= 0.6 is 23.2 Å². The molecule has 9 heteroatoms. The fourth-order valence-corrected chi connectivity index (χ4v) is 4.81. The van der Waals surface area contributed by atoms with Crippen LogP contribution in [0.2, 0.25) is 10.0 Å². The van der Waals surface area contributed by atoms with Gasteiger partial charge in [0, 0.05) is 18.8 Å². The van der Waals surface area contributed by atoms with Crippen LogP contribution in [-0.2, 0) is 14.8 Å². The van der Waals surface area contributed by atoms with Crippen molar-refractivity contribution in [2.45, 2.75) is 17.9 Å². The van der Waals surface area contributed by atoms with E-state index in [9.17, 15) is 13.2 Å². The molecule has 1 amide bonds. The summed E-state index contributed by atoms with van der Waals surface area (Å²) in [4.78, 5) is 11.4.